The summed E-state index contributed by atoms with van der Waals surface area (Å²) in [4.78, 5) is 32.8. The molecule has 2 fully saturated rings. The Balaban J connectivity index is 1.48. The number of piperidine rings is 1. The van der Waals surface area contributed by atoms with Crippen LogP contribution in [0.25, 0.3) is 0 Å². The molecule has 9 heteroatoms. The van der Waals surface area contributed by atoms with E-state index in [0.29, 0.717) is 66.7 Å². The quantitative estimate of drug-likeness (QED) is 0.548. The lowest BCUT2D eigenvalue weighted by molar-refractivity contribution is -0.136. The molecule has 0 spiro atoms. The van der Waals surface area contributed by atoms with E-state index >= 15 is 0 Å². The van der Waals surface area contributed by atoms with Gasteiger partial charge in [-0.05, 0) is 50.9 Å². The minimum Gasteiger partial charge on any atom is -0.493 e. The smallest absolute Gasteiger partial charge is 0.259 e. The Kier molecular flexibility index (Phi) is 8.25. The summed E-state index contributed by atoms with van der Waals surface area (Å²) >= 11 is 6.15. The third-order valence-corrected chi connectivity index (χ3v) is 7.72. The highest BCUT2D eigenvalue weighted by atomic mass is 35.5. The summed E-state index contributed by atoms with van der Waals surface area (Å²) in [7, 11) is 2.08. The van der Waals surface area contributed by atoms with E-state index in [2.05, 4.69) is 17.1 Å². The zero-order valence-electron chi connectivity index (χ0n) is 21.8. The van der Waals surface area contributed by atoms with E-state index in [9.17, 15) is 9.59 Å². The molecule has 0 radical (unpaired) electrons. The Morgan fingerprint density at radius 3 is 2.44 bits per heavy atom. The van der Waals surface area contributed by atoms with Crippen LogP contribution in [-0.2, 0) is 4.79 Å². The van der Waals surface area contributed by atoms with Crippen LogP contribution in [0.1, 0.15) is 60.8 Å². The Morgan fingerprint density at radius 1 is 1.11 bits per heavy atom. The number of rotatable bonds is 7. The van der Waals surface area contributed by atoms with Gasteiger partial charge in [0.05, 0.1) is 12.3 Å². The highest BCUT2D eigenvalue weighted by molar-refractivity contribution is 6.30. The van der Waals surface area contributed by atoms with Crippen LogP contribution in [0.4, 0.5) is 0 Å². The van der Waals surface area contributed by atoms with Gasteiger partial charge in [0, 0.05) is 56.1 Å². The summed E-state index contributed by atoms with van der Waals surface area (Å²) in [6.45, 7) is 10.6. The van der Waals surface area contributed by atoms with Gasteiger partial charge in [-0.15, -0.1) is 0 Å². The van der Waals surface area contributed by atoms with Crippen molar-refractivity contribution in [1.29, 1.82) is 0 Å². The van der Waals surface area contributed by atoms with Gasteiger partial charge >= 0.3 is 0 Å². The van der Waals surface area contributed by atoms with E-state index in [0.717, 1.165) is 26.2 Å². The van der Waals surface area contributed by atoms with Crippen LogP contribution in [-0.4, -0.2) is 84.6 Å². The molecule has 2 saturated heterocycles. The number of aromatic nitrogens is 1. The van der Waals surface area contributed by atoms with Gasteiger partial charge in [0.25, 0.3) is 5.91 Å². The SMILES string of the molecule is Cc1onc(C(C)C)c1C(=O)N1CCC(COc2cccc(Cl)c2)(CC(=O)N2CCN(C)CC2)CC1. The summed E-state index contributed by atoms with van der Waals surface area (Å²) in [5.74, 6) is 1.45. The maximum absolute atomic E-state index is 13.4. The van der Waals surface area contributed by atoms with E-state index in [1.807, 2.05) is 41.8 Å². The van der Waals surface area contributed by atoms with Crippen LogP contribution in [0, 0.1) is 12.3 Å². The third kappa shape index (κ3) is 6.03. The number of nitrogens with zero attached hydrogens (tertiary/aromatic N) is 4. The van der Waals surface area contributed by atoms with Gasteiger partial charge < -0.3 is 24.0 Å². The highest BCUT2D eigenvalue weighted by Crippen LogP contribution is 2.38. The molecule has 0 aliphatic carbocycles. The first-order valence-corrected chi connectivity index (χ1v) is 13.2. The monoisotopic (exact) mass is 516 g/mol. The number of aryl methyl sites for hydroxylation is 1. The Bertz CT molecular complexity index is 1070. The molecule has 36 heavy (non-hydrogen) atoms. The maximum atomic E-state index is 13.4. The molecule has 1 aromatic carbocycles. The standard InChI is InChI=1S/C27H37ClN4O4/c1-19(2)25-24(20(3)36-29-25)26(34)32-10-8-27(9-11-32,18-35-22-7-5-6-21(28)16-22)17-23(33)31-14-12-30(4)13-15-31/h5-7,16,19H,8-15,17-18H2,1-4H3. The molecule has 196 valence electrons. The zero-order valence-corrected chi connectivity index (χ0v) is 22.5. The molecule has 4 rings (SSSR count). The van der Waals surface area contributed by atoms with Crippen LogP contribution in [0.2, 0.25) is 5.02 Å². The minimum atomic E-state index is -0.357. The van der Waals surface area contributed by atoms with Gasteiger partial charge in [-0.1, -0.05) is 36.7 Å². The normalized spacial score (nSPS) is 18.5. The van der Waals surface area contributed by atoms with E-state index in [-0.39, 0.29) is 23.1 Å². The van der Waals surface area contributed by atoms with E-state index in [1.54, 1.807) is 13.0 Å². The minimum absolute atomic E-state index is 0.0489. The zero-order chi connectivity index (χ0) is 25.9. The van der Waals surface area contributed by atoms with Crippen molar-refractivity contribution in [3.05, 3.63) is 46.3 Å². The second kappa shape index (κ2) is 11.2. The van der Waals surface area contributed by atoms with Crippen LogP contribution in [0.15, 0.2) is 28.8 Å². The average Bonchev–Trinajstić information content (AvgIpc) is 3.25. The molecule has 2 aromatic rings. The van der Waals surface area contributed by atoms with Crippen molar-refractivity contribution >= 4 is 23.4 Å². The van der Waals surface area contributed by atoms with Crippen LogP contribution in [0.5, 0.6) is 5.75 Å². The molecule has 8 nitrogen and oxygen atoms in total. The van der Waals surface area contributed by atoms with Crippen LogP contribution >= 0.6 is 11.6 Å². The number of amides is 2. The van der Waals surface area contributed by atoms with Crippen molar-refractivity contribution in [2.75, 3.05) is 52.9 Å². The molecule has 0 bridgehead atoms. The Hall–Kier alpha value is -2.58. The highest BCUT2D eigenvalue weighted by Gasteiger charge is 2.41. The van der Waals surface area contributed by atoms with Crippen molar-refractivity contribution in [3.63, 3.8) is 0 Å². The fraction of sp³-hybridized carbons (Fsp3) is 0.593. The maximum Gasteiger partial charge on any atom is 0.259 e. The molecule has 0 saturated carbocycles. The lowest BCUT2D eigenvalue weighted by Crippen LogP contribution is -2.51. The number of benzene rings is 1. The summed E-state index contributed by atoms with van der Waals surface area (Å²) in [5, 5.41) is 4.73. The predicted octanol–water partition coefficient (Wildman–Crippen LogP) is 4.23. The molecular formula is C27H37ClN4O4. The second-order valence-corrected chi connectivity index (χ2v) is 11.0. The summed E-state index contributed by atoms with van der Waals surface area (Å²) in [5.41, 5.74) is 0.912. The second-order valence-electron chi connectivity index (χ2n) is 10.6. The van der Waals surface area contributed by atoms with Crippen molar-refractivity contribution in [1.82, 2.24) is 19.9 Å². The molecular weight excluding hydrogens is 480 g/mol. The van der Waals surface area contributed by atoms with E-state index in [4.69, 9.17) is 20.9 Å². The summed E-state index contributed by atoms with van der Waals surface area (Å²) in [6.07, 6.45) is 1.77. The van der Waals surface area contributed by atoms with Crippen LogP contribution in [0.3, 0.4) is 0 Å². The van der Waals surface area contributed by atoms with Gasteiger partial charge in [-0.2, -0.15) is 0 Å². The van der Waals surface area contributed by atoms with Gasteiger partial charge in [0.1, 0.15) is 17.1 Å². The lowest BCUT2D eigenvalue weighted by atomic mass is 9.75. The molecule has 1 aromatic heterocycles. The number of hydrogen-bond acceptors (Lipinski definition) is 6. The first kappa shape index (κ1) is 26.5. The first-order chi connectivity index (χ1) is 17.2. The number of halogens is 1. The molecule has 3 heterocycles. The Morgan fingerprint density at radius 2 is 1.81 bits per heavy atom. The summed E-state index contributed by atoms with van der Waals surface area (Å²) < 4.78 is 11.5. The van der Waals surface area contributed by atoms with Crippen LogP contribution < -0.4 is 4.74 Å². The largest absolute Gasteiger partial charge is 0.493 e. The number of carbonyl (C=O) groups is 2. The number of likely N-dealkylation sites (N-methyl/N-ethyl adjacent to an activating group) is 1. The summed E-state index contributed by atoms with van der Waals surface area (Å²) in [6, 6.07) is 7.33. The fourth-order valence-electron chi connectivity index (χ4n) is 5.04. The van der Waals surface area contributed by atoms with Crippen molar-refractivity contribution in [2.45, 2.75) is 46.0 Å². The van der Waals surface area contributed by atoms with E-state index in [1.165, 1.54) is 0 Å². The molecule has 0 unspecified atom stereocenters. The predicted molar refractivity (Wildman–Crippen MR) is 139 cm³/mol. The molecule has 0 N–H and O–H groups in total. The fourth-order valence-corrected chi connectivity index (χ4v) is 5.22. The van der Waals surface area contributed by atoms with Crippen molar-refractivity contribution in [2.24, 2.45) is 5.41 Å². The number of piperazine rings is 1. The van der Waals surface area contributed by atoms with Gasteiger partial charge in [0.2, 0.25) is 5.91 Å². The van der Waals surface area contributed by atoms with Gasteiger partial charge in [-0.3, -0.25) is 9.59 Å². The molecule has 2 aliphatic rings. The molecule has 0 atom stereocenters. The molecule has 2 amide bonds. The molecule has 2 aliphatic heterocycles. The number of ether oxygens (including phenoxy) is 1. The Labute approximate surface area is 218 Å². The van der Waals surface area contributed by atoms with E-state index < -0.39 is 0 Å². The first-order valence-electron chi connectivity index (χ1n) is 12.8. The number of carbonyl (C=O) groups excluding carboxylic acids is 2. The van der Waals surface area contributed by atoms with Gasteiger partial charge in [0.15, 0.2) is 0 Å². The van der Waals surface area contributed by atoms with Gasteiger partial charge in [-0.25, -0.2) is 0 Å². The third-order valence-electron chi connectivity index (χ3n) is 7.48. The average molecular weight is 517 g/mol. The number of likely N-dealkylation sites (tertiary alicyclic amines) is 1. The van der Waals surface area contributed by atoms with Crippen molar-refractivity contribution < 1.29 is 18.8 Å². The topological polar surface area (TPSA) is 79.1 Å². The lowest BCUT2D eigenvalue weighted by Gasteiger charge is -2.42. The number of hydrogen-bond donors (Lipinski definition) is 0. The van der Waals surface area contributed by atoms with Crippen molar-refractivity contribution in [3.8, 4) is 5.75 Å².